The zero-order valence-electron chi connectivity index (χ0n) is 19.8. The zero-order valence-corrected chi connectivity index (χ0v) is 19.8. The standard InChI is InChI=1S/C28H40N2O2/c1-26(32)12-13-28(14-16-31)19(17-26)6-7-20-21-8-9-23(27(21,2)11-10-22(20)28)24-18-30-15-4-3-5-25(30)29-24/h3-5,15,18-23,31-32H,6-14,16-17H2,1-2H3/t19-,20?,21-,22-,23+,26+,27-,28+/m0/s1. The van der Waals surface area contributed by atoms with Crippen LogP contribution in [-0.2, 0) is 0 Å². The highest BCUT2D eigenvalue weighted by Gasteiger charge is 2.62. The van der Waals surface area contributed by atoms with Gasteiger partial charge in [0, 0.05) is 24.9 Å². The highest BCUT2D eigenvalue weighted by Crippen LogP contribution is 2.70. The fourth-order valence-corrected chi connectivity index (χ4v) is 9.55. The molecule has 0 spiro atoms. The average molecular weight is 437 g/mol. The molecular weight excluding hydrogens is 396 g/mol. The van der Waals surface area contributed by atoms with E-state index in [1.165, 1.54) is 44.2 Å². The molecular formula is C28H40N2O2. The molecule has 6 rings (SSSR count). The van der Waals surface area contributed by atoms with Gasteiger partial charge >= 0.3 is 0 Å². The van der Waals surface area contributed by atoms with E-state index in [-0.39, 0.29) is 5.41 Å². The number of aromatic nitrogens is 2. The largest absolute Gasteiger partial charge is 0.396 e. The second-order valence-electron chi connectivity index (χ2n) is 12.4. The van der Waals surface area contributed by atoms with E-state index in [4.69, 9.17) is 4.98 Å². The van der Waals surface area contributed by atoms with Crippen LogP contribution in [0.4, 0.5) is 0 Å². The van der Waals surface area contributed by atoms with Gasteiger partial charge in [0.1, 0.15) is 5.65 Å². The lowest BCUT2D eigenvalue weighted by molar-refractivity contribution is -0.158. The Kier molecular flexibility index (Phi) is 4.83. The first-order chi connectivity index (χ1) is 15.4. The van der Waals surface area contributed by atoms with Crippen molar-refractivity contribution < 1.29 is 10.2 Å². The molecule has 32 heavy (non-hydrogen) atoms. The average Bonchev–Trinajstić information content (AvgIpc) is 3.34. The number of fused-ring (bicyclic) bond motifs is 6. The third kappa shape index (κ3) is 2.98. The lowest BCUT2D eigenvalue weighted by Gasteiger charge is -2.63. The van der Waals surface area contributed by atoms with Crippen LogP contribution in [-0.4, -0.2) is 31.8 Å². The first-order valence-electron chi connectivity index (χ1n) is 13.1. The molecule has 1 unspecified atom stereocenters. The second-order valence-corrected chi connectivity index (χ2v) is 12.4. The van der Waals surface area contributed by atoms with Crippen molar-refractivity contribution in [1.82, 2.24) is 9.38 Å². The molecule has 2 aromatic heterocycles. The van der Waals surface area contributed by atoms with Gasteiger partial charge in [-0.1, -0.05) is 13.0 Å². The Morgan fingerprint density at radius 1 is 1.03 bits per heavy atom. The Balaban J connectivity index is 1.31. The SMILES string of the molecule is C[C@@]1(O)CC[C@@]2(CCO)[C@@H](CCC3[C@@H]4CC[C@H](c5cn6ccccc6n5)[C@@]4(C)CC[C@@H]32)C1. The molecule has 0 radical (unpaired) electrons. The number of nitrogens with zero attached hydrogens (tertiary/aromatic N) is 2. The maximum Gasteiger partial charge on any atom is 0.136 e. The van der Waals surface area contributed by atoms with Crippen LogP contribution in [0.15, 0.2) is 30.6 Å². The Hall–Kier alpha value is -1.39. The quantitative estimate of drug-likeness (QED) is 0.661. The van der Waals surface area contributed by atoms with Crippen LogP contribution in [0, 0.1) is 34.5 Å². The first-order valence-corrected chi connectivity index (χ1v) is 13.1. The molecule has 0 amide bonds. The van der Waals surface area contributed by atoms with Crippen LogP contribution in [0.1, 0.15) is 89.7 Å². The Labute approximate surface area is 192 Å². The lowest BCUT2D eigenvalue weighted by Crippen LogP contribution is -2.56. The Bertz CT molecular complexity index is 965. The summed E-state index contributed by atoms with van der Waals surface area (Å²) in [6.45, 7) is 4.91. The van der Waals surface area contributed by atoms with Gasteiger partial charge in [0.2, 0.25) is 0 Å². The maximum atomic E-state index is 10.8. The van der Waals surface area contributed by atoms with E-state index in [0.29, 0.717) is 23.9 Å². The summed E-state index contributed by atoms with van der Waals surface area (Å²) < 4.78 is 2.19. The third-order valence-electron chi connectivity index (χ3n) is 11.0. The Morgan fingerprint density at radius 3 is 2.72 bits per heavy atom. The number of hydrogen-bond acceptors (Lipinski definition) is 3. The highest BCUT2D eigenvalue weighted by molar-refractivity contribution is 5.41. The smallest absolute Gasteiger partial charge is 0.136 e. The van der Waals surface area contributed by atoms with Crippen LogP contribution in [0.5, 0.6) is 0 Å². The molecule has 4 aliphatic rings. The molecule has 4 saturated carbocycles. The molecule has 174 valence electrons. The lowest BCUT2D eigenvalue weighted by atomic mass is 9.42. The molecule has 0 aliphatic heterocycles. The van der Waals surface area contributed by atoms with Gasteiger partial charge in [-0.25, -0.2) is 4.98 Å². The monoisotopic (exact) mass is 436 g/mol. The van der Waals surface area contributed by atoms with Gasteiger partial charge in [0.15, 0.2) is 0 Å². The molecule has 8 atom stereocenters. The van der Waals surface area contributed by atoms with Gasteiger partial charge in [-0.3, -0.25) is 0 Å². The molecule has 4 heteroatoms. The minimum Gasteiger partial charge on any atom is -0.396 e. The number of hydrogen-bond donors (Lipinski definition) is 2. The van der Waals surface area contributed by atoms with Gasteiger partial charge in [-0.15, -0.1) is 0 Å². The van der Waals surface area contributed by atoms with E-state index in [1.807, 2.05) is 6.92 Å². The van der Waals surface area contributed by atoms with Gasteiger partial charge in [0.05, 0.1) is 11.3 Å². The molecule has 4 fully saturated rings. The third-order valence-corrected chi connectivity index (χ3v) is 11.0. The highest BCUT2D eigenvalue weighted by atomic mass is 16.3. The summed E-state index contributed by atoms with van der Waals surface area (Å²) in [5, 5.41) is 20.9. The predicted molar refractivity (Wildman–Crippen MR) is 126 cm³/mol. The number of rotatable bonds is 3. The van der Waals surface area contributed by atoms with E-state index in [2.05, 4.69) is 41.9 Å². The van der Waals surface area contributed by atoms with Crippen molar-refractivity contribution in [2.45, 2.75) is 89.6 Å². The van der Waals surface area contributed by atoms with Gasteiger partial charge in [0.25, 0.3) is 0 Å². The minimum atomic E-state index is -0.513. The van der Waals surface area contributed by atoms with Crippen molar-refractivity contribution in [3.63, 3.8) is 0 Å². The summed E-state index contributed by atoms with van der Waals surface area (Å²) in [5.74, 6) is 3.42. The summed E-state index contributed by atoms with van der Waals surface area (Å²) in [4.78, 5) is 5.06. The van der Waals surface area contributed by atoms with Crippen molar-refractivity contribution >= 4 is 5.65 Å². The second kappa shape index (κ2) is 7.30. The molecule has 2 heterocycles. The van der Waals surface area contributed by atoms with Crippen molar-refractivity contribution in [2.24, 2.45) is 34.5 Å². The minimum absolute atomic E-state index is 0.252. The van der Waals surface area contributed by atoms with E-state index in [0.717, 1.165) is 49.1 Å². The van der Waals surface area contributed by atoms with Crippen LogP contribution in [0.3, 0.4) is 0 Å². The molecule has 0 aromatic carbocycles. The zero-order chi connectivity index (χ0) is 22.1. The van der Waals surface area contributed by atoms with Crippen LogP contribution in [0.25, 0.3) is 5.65 Å². The fraction of sp³-hybridized carbons (Fsp3) is 0.750. The number of imidazole rings is 1. The molecule has 4 aliphatic carbocycles. The Morgan fingerprint density at radius 2 is 1.91 bits per heavy atom. The molecule has 0 bridgehead atoms. The summed E-state index contributed by atoms with van der Waals surface area (Å²) in [5.41, 5.74) is 2.45. The van der Waals surface area contributed by atoms with Crippen molar-refractivity contribution in [3.05, 3.63) is 36.3 Å². The van der Waals surface area contributed by atoms with Crippen molar-refractivity contribution in [2.75, 3.05) is 6.61 Å². The number of aliphatic hydroxyl groups is 2. The molecule has 2 N–H and O–H groups in total. The van der Waals surface area contributed by atoms with Crippen LogP contribution >= 0.6 is 0 Å². The van der Waals surface area contributed by atoms with Gasteiger partial charge in [-0.05, 0) is 118 Å². The maximum absolute atomic E-state index is 10.8. The van der Waals surface area contributed by atoms with Crippen molar-refractivity contribution in [1.29, 1.82) is 0 Å². The number of pyridine rings is 1. The van der Waals surface area contributed by atoms with Crippen LogP contribution < -0.4 is 0 Å². The first kappa shape index (κ1) is 21.2. The van der Waals surface area contributed by atoms with Gasteiger partial charge < -0.3 is 14.6 Å². The van der Waals surface area contributed by atoms with E-state index >= 15 is 0 Å². The summed E-state index contributed by atoms with van der Waals surface area (Å²) in [6, 6.07) is 6.29. The molecule has 4 nitrogen and oxygen atoms in total. The van der Waals surface area contributed by atoms with Crippen LogP contribution in [0.2, 0.25) is 0 Å². The van der Waals surface area contributed by atoms with Gasteiger partial charge in [-0.2, -0.15) is 0 Å². The van der Waals surface area contributed by atoms with E-state index in [1.54, 1.807) is 0 Å². The van der Waals surface area contributed by atoms with Crippen molar-refractivity contribution in [3.8, 4) is 0 Å². The normalized spacial score (nSPS) is 45.9. The molecule has 0 saturated heterocycles. The summed E-state index contributed by atoms with van der Waals surface area (Å²) in [7, 11) is 0. The predicted octanol–water partition coefficient (Wildman–Crippen LogP) is 5.57. The fourth-order valence-electron chi connectivity index (χ4n) is 9.55. The summed E-state index contributed by atoms with van der Waals surface area (Å²) in [6.07, 6.45) is 16.0. The summed E-state index contributed by atoms with van der Waals surface area (Å²) >= 11 is 0. The molecule has 2 aromatic rings. The number of aliphatic hydroxyl groups excluding tert-OH is 1. The topological polar surface area (TPSA) is 57.8 Å². The van der Waals surface area contributed by atoms with E-state index in [9.17, 15) is 10.2 Å². The van der Waals surface area contributed by atoms with E-state index < -0.39 is 5.60 Å².